The normalized spacial score (nSPS) is 14.8. The first-order chi connectivity index (χ1) is 6.38. The predicted molar refractivity (Wildman–Crippen MR) is 64.4 cm³/mol. The van der Waals surface area contributed by atoms with Crippen LogP contribution in [-0.4, -0.2) is 32.1 Å². The summed E-state index contributed by atoms with van der Waals surface area (Å²) in [5.74, 6) is 0.771. The van der Waals surface area contributed by atoms with Crippen LogP contribution in [0, 0.1) is 11.3 Å². The lowest BCUT2D eigenvalue weighted by Crippen LogP contribution is -2.24. The molecule has 0 saturated carbocycles. The Hall–Kier alpha value is -0.0800. The van der Waals surface area contributed by atoms with Gasteiger partial charge in [-0.1, -0.05) is 20.8 Å². The maximum Gasteiger partial charge on any atom is -0.00247 e. The molecule has 0 saturated heterocycles. The van der Waals surface area contributed by atoms with E-state index in [0.717, 1.165) is 18.9 Å². The fourth-order valence-corrected chi connectivity index (χ4v) is 1.87. The van der Waals surface area contributed by atoms with Crippen LogP contribution in [0.4, 0.5) is 0 Å². The molecule has 86 valence electrons. The molecule has 0 spiro atoms. The van der Waals surface area contributed by atoms with E-state index in [0.29, 0.717) is 5.41 Å². The Morgan fingerprint density at radius 2 is 1.71 bits per heavy atom. The molecule has 2 nitrogen and oxygen atoms in total. The molecule has 0 aliphatic heterocycles. The van der Waals surface area contributed by atoms with E-state index in [1.165, 1.54) is 19.4 Å². The molecular weight excluding hydrogens is 172 g/mol. The van der Waals surface area contributed by atoms with Crippen molar-refractivity contribution in [2.24, 2.45) is 17.1 Å². The zero-order valence-electron chi connectivity index (χ0n) is 10.6. The van der Waals surface area contributed by atoms with Gasteiger partial charge in [-0.25, -0.2) is 0 Å². The Balaban J connectivity index is 3.86. The summed E-state index contributed by atoms with van der Waals surface area (Å²) in [5.41, 5.74) is 6.06. The van der Waals surface area contributed by atoms with Gasteiger partial charge >= 0.3 is 0 Å². The molecule has 0 heterocycles. The summed E-state index contributed by atoms with van der Waals surface area (Å²) in [6.45, 7) is 8.98. The molecule has 0 bridgehead atoms. The molecule has 0 aliphatic carbocycles. The van der Waals surface area contributed by atoms with Crippen molar-refractivity contribution in [3.05, 3.63) is 0 Å². The topological polar surface area (TPSA) is 29.3 Å². The number of nitrogens with zero attached hydrogens (tertiary/aromatic N) is 1. The monoisotopic (exact) mass is 200 g/mol. The highest BCUT2D eigenvalue weighted by Gasteiger charge is 2.22. The van der Waals surface area contributed by atoms with E-state index in [-0.39, 0.29) is 0 Å². The predicted octanol–water partition coefficient (Wildman–Crippen LogP) is 2.34. The maximum absolute atomic E-state index is 5.65. The van der Waals surface area contributed by atoms with E-state index in [9.17, 15) is 0 Å². The van der Waals surface area contributed by atoms with Crippen molar-refractivity contribution < 1.29 is 0 Å². The SMILES string of the molecule is CN(C)CCCC(CCN)C(C)(C)C. The highest BCUT2D eigenvalue weighted by Crippen LogP contribution is 2.31. The first-order valence-corrected chi connectivity index (χ1v) is 5.72. The minimum atomic E-state index is 0.408. The molecule has 2 heteroatoms. The quantitative estimate of drug-likeness (QED) is 0.713. The lowest BCUT2D eigenvalue weighted by Gasteiger charge is -2.31. The number of hydrogen-bond acceptors (Lipinski definition) is 2. The Morgan fingerprint density at radius 1 is 1.14 bits per heavy atom. The molecule has 2 N–H and O–H groups in total. The van der Waals surface area contributed by atoms with Crippen LogP contribution < -0.4 is 5.73 Å². The van der Waals surface area contributed by atoms with E-state index in [4.69, 9.17) is 5.73 Å². The highest BCUT2D eigenvalue weighted by molar-refractivity contribution is 4.74. The molecule has 0 radical (unpaired) electrons. The van der Waals surface area contributed by atoms with Crippen molar-refractivity contribution in [2.45, 2.75) is 40.0 Å². The number of rotatable bonds is 6. The third-order valence-corrected chi connectivity index (χ3v) is 2.90. The Morgan fingerprint density at radius 3 is 2.07 bits per heavy atom. The molecule has 0 aromatic carbocycles. The largest absolute Gasteiger partial charge is 0.330 e. The van der Waals surface area contributed by atoms with Crippen molar-refractivity contribution in [3.63, 3.8) is 0 Å². The molecular formula is C12H28N2. The van der Waals surface area contributed by atoms with E-state index in [2.05, 4.69) is 39.8 Å². The number of nitrogens with two attached hydrogens (primary N) is 1. The van der Waals surface area contributed by atoms with Gasteiger partial charge in [0.15, 0.2) is 0 Å². The molecule has 0 aliphatic rings. The zero-order valence-corrected chi connectivity index (χ0v) is 10.6. The average Bonchev–Trinajstić information content (AvgIpc) is 2.00. The van der Waals surface area contributed by atoms with Crippen LogP contribution in [0.5, 0.6) is 0 Å². The summed E-state index contributed by atoms with van der Waals surface area (Å²) in [5, 5.41) is 0. The van der Waals surface area contributed by atoms with Crippen molar-refractivity contribution in [1.29, 1.82) is 0 Å². The smallest absolute Gasteiger partial charge is 0.00247 e. The maximum atomic E-state index is 5.65. The van der Waals surface area contributed by atoms with Gasteiger partial charge in [0.25, 0.3) is 0 Å². The molecule has 14 heavy (non-hydrogen) atoms. The van der Waals surface area contributed by atoms with Gasteiger partial charge < -0.3 is 10.6 Å². The van der Waals surface area contributed by atoms with Crippen LogP contribution in [0.25, 0.3) is 0 Å². The zero-order chi connectivity index (χ0) is 11.2. The van der Waals surface area contributed by atoms with Crippen LogP contribution >= 0.6 is 0 Å². The van der Waals surface area contributed by atoms with Gasteiger partial charge in [0, 0.05) is 0 Å². The Bertz CT molecular complexity index is 136. The molecule has 0 rings (SSSR count). The van der Waals surface area contributed by atoms with Crippen LogP contribution in [0.1, 0.15) is 40.0 Å². The van der Waals surface area contributed by atoms with Crippen LogP contribution in [0.2, 0.25) is 0 Å². The fourth-order valence-electron chi connectivity index (χ4n) is 1.87. The minimum Gasteiger partial charge on any atom is -0.330 e. The Kier molecular flexibility index (Phi) is 6.38. The van der Waals surface area contributed by atoms with Crippen LogP contribution in [0.3, 0.4) is 0 Å². The summed E-state index contributed by atoms with van der Waals surface area (Å²) in [7, 11) is 4.27. The third-order valence-electron chi connectivity index (χ3n) is 2.90. The van der Waals surface area contributed by atoms with E-state index >= 15 is 0 Å². The van der Waals surface area contributed by atoms with Crippen molar-refractivity contribution >= 4 is 0 Å². The van der Waals surface area contributed by atoms with Gasteiger partial charge in [0.05, 0.1) is 0 Å². The van der Waals surface area contributed by atoms with Crippen LogP contribution in [-0.2, 0) is 0 Å². The second-order valence-corrected chi connectivity index (χ2v) is 5.59. The van der Waals surface area contributed by atoms with Crippen LogP contribution in [0.15, 0.2) is 0 Å². The first kappa shape index (κ1) is 13.9. The highest BCUT2D eigenvalue weighted by atomic mass is 15.0. The lowest BCUT2D eigenvalue weighted by atomic mass is 9.76. The van der Waals surface area contributed by atoms with E-state index in [1.54, 1.807) is 0 Å². The molecule has 1 unspecified atom stereocenters. The van der Waals surface area contributed by atoms with E-state index in [1.807, 2.05) is 0 Å². The van der Waals surface area contributed by atoms with Gasteiger partial charge in [-0.2, -0.15) is 0 Å². The second-order valence-electron chi connectivity index (χ2n) is 5.59. The van der Waals surface area contributed by atoms with Gasteiger partial charge in [0.2, 0.25) is 0 Å². The van der Waals surface area contributed by atoms with Crippen molar-refractivity contribution in [2.75, 3.05) is 27.2 Å². The van der Waals surface area contributed by atoms with E-state index < -0.39 is 0 Å². The summed E-state index contributed by atoms with van der Waals surface area (Å²) in [4.78, 5) is 2.25. The fraction of sp³-hybridized carbons (Fsp3) is 1.00. The first-order valence-electron chi connectivity index (χ1n) is 5.72. The molecule has 0 aromatic rings. The minimum absolute atomic E-state index is 0.408. The third kappa shape index (κ3) is 6.39. The molecule has 1 atom stereocenters. The molecule has 0 amide bonds. The summed E-state index contributed by atoms with van der Waals surface area (Å²) < 4.78 is 0. The van der Waals surface area contributed by atoms with Gasteiger partial charge in [0.1, 0.15) is 0 Å². The van der Waals surface area contributed by atoms with Gasteiger partial charge in [-0.05, 0) is 57.8 Å². The average molecular weight is 200 g/mol. The summed E-state index contributed by atoms with van der Waals surface area (Å²) in [6.07, 6.45) is 3.75. The Labute approximate surface area is 89.9 Å². The lowest BCUT2D eigenvalue weighted by molar-refractivity contribution is 0.204. The standard InChI is InChI=1S/C12H28N2/c1-12(2,3)11(8-9-13)7-6-10-14(4)5/h11H,6-10,13H2,1-5H3. The van der Waals surface area contributed by atoms with Gasteiger partial charge in [-0.3, -0.25) is 0 Å². The van der Waals surface area contributed by atoms with Gasteiger partial charge in [-0.15, -0.1) is 0 Å². The second kappa shape index (κ2) is 6.41. The van der Waals surface area contributed by atoms with Crippen molar-refractivity contribution in [1.82, 2.24) is 4.90 Å². The molecule has 0 fully saturated rings. The molecule has 0 aromatic heterocycles. The summed E-state index contributed by atoms with van der Waals surface area (Å²) >= 11 is 0. The summed E-state index contributed by atoms with van der Waals surface area (Å²) in [6, 6.07) is 0. The number of hydrogen-bond donors (Lipinski definition) is 1. The van der Waals surface area contributed by atoms with Crippen molar-refractivity contribution in [3.8, 4) is 0 Å².